The summed E-state index contributed by atoms with van der Waals surface area (Å²) in [5.41, 5.74) is 6.31. The molecule has 32 heavy (non-hydrogen) atoms. The van der Waals surface area contributed by atoms with Gasteiger partial charge in [-0.1, -0.05) is 30.3 Å². The van der Waals surface area contributed by atoms with Gasteiger partial charge in [0.25, 0.3) is 5.56 Å². The Balaban J connectivity index is 1.43. The lowest BCUT2D eigenvalue weighted by Gasteiger charge is -2.27. The van der Waals surface area contributed by atoms with E-state index in [1.165, 1.54) is 5.56 Å². The molecule has 0 radical (unpaired) electrons. The van der Waals surface area contributed by atoms with Gasteiger partial charge in [0.05, 0.1) is 31.2 Å². The number of aromatic amines is 1. The number of hydrogen-bond donors (Lipinski definition) is 2. The van der Waals surface area contributed by atoms with E-state index >= 15 is 0 Å². The number of methoxy groups -OCH3 is 1. The minimum Gasteiger partial charge on any atom is -0.493 e. The molecule has 8 nitrogen and oxygen atoms in total. The molecule has 0 aliphatic carbocycles. The monoisotopic (exact) mass is 433 g/mol. The van der Waals surface area contributed by atoms with Crippen LogP contribution in [0.5, 0.6) is 11.5 Å². The standard InChI is InChI=1S/C24H27N5O3/c1-3-32-22-13-18(9-10-21(22)31-2)14-25-28-24-26-20-11-12-29(16-19(20)23(30)27-24)15-17-7-5-4-6-8-17/h4-10,13-14H,3,11-12,15-16H2,1-2H3,(H2,26,27,28,30)/b25-14-. The van der Waals surface area contributed by atoms with Gasteiger partial charge in [0.2, 0.25) is 5.95 Å². The van der Waals surface area contributed by atoms with Crippen molar-refractivity contribution < 1.29 is 9.47 Å². The molecule has 0 saturated heterocycles. The van der Waals surface area contributed by atoms with Crippen LogP contribution in [0.2, 0.25) is 0 Å². The van der Waals surface area contributed by atoms with Crippen LogP contribution in [-0.4, -0.2) is 41.3 Å². The largest absolute Gasteiger partial charge is 0.493 e. The fraction of sp³-hybridized carbons (Fsp3) is 0.292. The van der Waals surface area contributed by atoms with Gasteiger partial charge in [-0.3, -0.25) is 14.7 Å². The highest BCUT2D eigenvalue weighted by Crippen LogP contribution is 2.27. The molecule has 1 aliphatic rings. The molecule has 0 spiro atoms. The topological polar surface area (TPSA) is 91.8 Å². The SMILES string of the molecule is CCOc1cc(/C=N\Nc2nc3c(c(=O)[nH]2)CN(Cc2ccccc2)CC3)ccc1OC. The molecule has 0 fully saturated rings. The van der Waals surface area contributed by atoms with Crippen LogP contribution in [0.4, 0.5) is 5.95 Å². The Kier molecular flexibility index (Phi) is 6.81. The van der Waals surface area contributed by atoms with E-state index in [4.69, 9.17) is 9.47 Å². The van der Waals surface area contributed by atoms with Crippen molar-refractivity contribution in [3.63, 3.8) is 0 Å². The third kappa shape index (κ3) is 5.15. The number of hydrogen-bond acceptors (Lipinski definition) is 7. The molecular formula is C24H27N5O3. The maximum Gasteiger partial charge on any atom is 0.257 e. The van der Waals surface area contributed by atoms with Crippen LogP contribution in [0.1, 0.15) is 29.3 Å². The minimum atomic E-state index is -0.131. The maximum absolute atomic E-state index is 12.7. The Hall–Kier alpha value is -3.65. The van der Waals surface area contributed by atoms with Gasteiger partial charge >= 0.3 is 0 Å². The first-order chi connectivity index (χ1) is 15.7. The molecule has 166 valence electrons. The lowest BCUT2D eigenvalue weighted by molar-refractivity contribution is 0.242. The predicted octanol–water partition coefficient (Wildman–Crippen LogP) is 3.18. The summed E-state index contributed by atoms with van der Waals surface area (Å²) in [6, 6.07) is 15.8. The molecule has 1 aliphatic heterocycles. The third-order valence-corrected chi connectivity index (χ3v) is 5.27. The van der Waals surface area contributed by atoms with Crippen LogP contribution in [-0.2, 0) is 19.5 Å². The molecule has 0 atom stereocenters. The number of H-pyrrole nitrogens is 1. The van der Waals surface area contributed by atoms with Crippen molar-refractivity contribution in [3.8, 4) is 11.5 Å². The molecule has 1 aromatic heterocycles. The molecule has 4 rings (SSSR count). The fourth-order valence-electron chi connectivity index (χ4n) is 3.72. The average Bonchev–Trinajstić information content (AvgIpc) is 2.81. The molecule has 0 amide bonds. The van der Waals surface area contributed by atoms with Crippen LogP contribution in [0, 0.1) is 0 Å². The molecule has 0 unspecified atom stereocenters. The van der Waals surface area contributed by atoms with Gasteiger partial charge in [-0.05, 0) is 36.2 Å². The summed E-state index contributed by atoms with van der Waals surface area (Å²) >= 11 is 0. The van der Waals surface area contributed by atoms with Gasteiger partial charge in [0.15, 0.2) is 11.5 Å². The van der Waals surface area contributed by atoms with E-state index < -0.39 is 0 Å². The molecule has 8 heteroatoms. The molecule has 2 heterocycles. The molecule has 0 bridgehead atoms. The van der Waals surface area contributed by atoms with Crippen molar-refractivity contribution in [1.29, 1.82) is 0 Å². The zero-order chi connectivity index (χ0) is 22.3. The van der Waals surface area contributed by atoms with Crippen LogP contribution in [0.3, 0.4) is 0 Å². The second-order valence-corrected chi connectivity index (χ2v) is 7.50. The normalized spacial score (nSPS) is 13.7. The lowest BCUT2D eigenvalue weighted by atomic mass is 10.1. The smallest absolute Gasteiger partial charge is 0.257 e. The summed E-state index contributed by atoms with van der Waals surface area (Å²) in [6.45, 7) is 4.71. The zero-order valence-electron chi connectivity index (χ0n) is 18.3. The number of hydrazone groups is 1. The van der Waals surface area contributed by atoms with Crippen LogP contribution in [0.25, 0.3) is 0 Å². The quantitative estimate of drug-likeness (QED) is 0.419. The number of nitrogens with zero attached hydrogens (tertiary/aromatic N) is 3. The first-order valence-corrected chi connectivity index (χ1v) is 10.6. The minimum absolute atomic E-state index is 0.131. The fourth-order valence-corrected chi connectivity index (χ4v) is 3.72. The first-order valence-electron chi connectivity index (χ1n) is 10.6. The summed E-state index contributed by atoms with van der Waals surface area (Å²) in [6.07, 6.45) is 2.36. The second-order valence-electron chi connectivity index (χ2n) is 7.50. The average molecular weight is 434 g/mol. The van der Waals surface area contributed by atoms with Crippen molar-refractivity contribution in [2.75, 3.05) is 25.7 Å². The van der Waals surface area contributed by atoms with E-state index in [0.29, 0.717) is 30.6 Å². The molecule has 2 aromatic carbocycles. The molecule has 2 N–H and O–H groups in total. The van der Waals surface area contributed by atoms with Gasteiger partial charge in [0, 0.05) is 26.1 Å². The Morgan fingerprint density at radius 3 is 2.84 bits per heavy atom. The summed E-state index contributed by atoms with van der Waals surface area (Å²) < 4.78 is 10.9. The Labute approximate surface area is 186 Å². The Morgan fingerprint density at radius 2 is 2.06 bits per heavy atom. The van der Waals surface area contributed by atoms with Crippen LogP contribution in [0.15, 0.2) is 58.4 Å². The summed E-state index contributed by atoms with van der Waals surface area (Å²) in [4.78, 5) is 22.3. The number of anilines is 1. The highest BCUT2D eigenvalue weighted by atomic mass is 16.5. The van der Waals surface area contributed by atoms with Gasteiger partial charge in [0.1, 0.15) is 0 Å². The third-order valence-electron chi connectivity index (χ3n) is 5.27. The number of fused-ring (bicyclic) bond motifs is 1. The van der Waals surface area contributed by atoms with Gasteiger partial charge in [-0.2, -0.15) is 5.10 Å². The van der Waals surface area contributed by atoms with E-state index in [0.717, 1.165) is 36.3 Å². The van der Waals surface area contributed by atoms with E-state index in [1.807, 2.05) is 43.3 Å². The second kappa shape index (κ2) is 10.1. The van der Waals surface area contributed by atoms with E-state index in [-0.39, 0.29) is 5.56 Å². The maximum atomic E-state index is 12.7. The van der Waals surface area contributed by atoms with E-state index in [1.54, 1.807) is 13.3 Å². The van der Waals surface area contributed by atoms with Crippen molar-refractivity contribution in [1.82, 2.24) is 14.9 Å². The zero-order valence-corrected chi connectivity index (χ0v) is 18.3. The van der Waals surface area contributed by atoms with E-state index in [2.05, 4.69) is 37.5 Å². The summed E-state index contributed by atoms with van der Waals surface area (Å²) in [7, 11) is 1.60. The van der Waals surface area contributed by atoms with Crippen LogP contribution < -0.4 is 20.5 Å². The summed E-state index contributed by atoms with van der Waals surface area (Å²) in [5, 5.41) is 4.21. The van der Waals surface area contributed by atoms with Crippen molar-refractivity contribution in [2.45, 2.75) is 26.4 Å². The Morgan fingerprint density at radius 1 is 1.22 bits per heavy atom. The van der Waals surface area contributed by atoms with Gasteiger partial charge in [-0.25, -0.2) is 10.4 Å². The number of aromatic nitrogens is 2. The highest BCUT2D eigenvalue weighted by molar-refractivity contribution is 5.81. The van der Waals surface area contributed by atoms with Gasteiger partial charge in [-0.15, -0.1) is 0 Å². The van der Waals surface area contributed by atoms with Crippen molar-refractivity contribution in [2.24, 2.45) is 5.10 Å². The molecular weight excluding hydrogens is 406 g/mol. The Bertz CT molecular complexity index is 1140. The number of rotatable bonds is 8. The molecule has 0 saturated carbocycles. The highest BCUT2D eigenvalue weighted by Gasteiger charge is 2.21. The van der Waals surface area contributed by atoms with E-state index in [9.17, 15) is 4.79 Å². The first kappa shape index (κ1) is 21.6. The summed E-state index contributed by atoms with van der Waals surface area (Å²) in [5.74, 6) is 1.65. The number of ether oxygens (including phenoxy) is 2. The number of benzene rings is 2. The van der Waals surface area contributed by atoms with Crippen molar-refractivity contribution in [3.05, 3.63) is 81.3 Å². The van der Waals surface area contributed by atoms with Crippen LogP contribution >= 0.6 is 0 Å². The van der Waals surface area contributed by atoms with Gasteiger partial charge < -0.3 is 9.47 Å². The molecule has 3 aromatic rings. The lowest BCUT2D eigenvalue weighted by Crippen LogP contribution is -2.35. The van der Waals surface area contributed by atoms with Crippen molar-refractivity contribution >= 4 is 12.2 Å². The number of nitrogens with one attached hydrogen (secondary N) is 2. The predicted molar refractivity (Wildman–Crippen MR) is 124 cm³/mol.